The number of aliphatic carboxylic acids is 1. The van der Waals surface area contributed by atoms with Crippen molar-refractivity contribution < 1.29 is 9.90 Å². The molecule has 6 heteroatoms. The van der Waals surface area contributed by atoms with Crippen molar-refractivity contribution in [3.05, 3.63) is 18.5 Å². The van der Waals surface area contributed by atoms with E-state index in [2.05, 4.69) is 22.1 Å². The zero-order valence-corrected chi connectivity index (χ0v) is 7.76. The van der Waals surface area contributed by atoms with Crippen molar-refractivity contribution in [3.63, 3.8) is 0 Å². The summed E-state index contributed by atoms with van der Waals surface area (Å²) >= 11 is 0. The van der Waals surface area contributed by atoms with Crippen molar-refractivity contribution in [3.8, 4) is 0 Å². The molecule has 0 aliphatic carbocycles. The molecule has 0 unspecified atom stereocenters. The predicted octanol–water partition coefficient (Wildman–Crippen LogP) is 0.266. The van der Waals surface area contributed by atoms with E-state index in [1.807, 2.05) is 0 Å². The molecule has 1 aromatic heterocycles. The van der Waals surface area contributed by atoms with Crippen LogP contribution in [0.1, 0.15) is 18.7 Å². The Morgan fingerprint density at radius 2 is 2.43 bits per heavy atom. The van der Waals surface area contributed by atoms with Gasteiger partial charge in [-0.3, -0.25) is 4.79 Å². The van der Waals surface area contributed by atoms with Gasteiger partial charge in [0.05, 0.1) is 6.54 Å². The van der Waals surface area contributed by atoms with Crippen LogP contribution in [0.25, 0.3) is 0 Å². The molecule has 0 aliphatic heterocycles. The highest BCUT2D eigenvalue weighted by molar-refractivity contribution is 5.66. The molecule has 6 nitrogen and oxygen atoms in total. The monoisotopic (exact) mass is 196 g/mol. The first-order chi connectivity index (χ1) is 6.74. The van der Waals surface area contributed by atoms with Crippen LogP contribution in [0.5, 0.6) is 0 Å². The zero-order chi connectivity index (χ0) is 10.4. The van der Waals surface area contributed by atoms with Gasteiger partial charge in [-0.2, -0.15) is 0 Å². The minimum atomic E-state index is -0.798. The number of allylic oxidation sites excluding steroid dienone is 1. The van der Waals surface area contributed by atoms with Gasteiger partial charge in [0, 0.05) is 12.8 Å². The standard InChI is InChI=1S/C8H12N4O2/c1-2-6-12-7(9-10-11-12)4-3-5-8(13)14/h2H,1,3-6H2,(H,13,14). The lowest BCUT2D eigenvalue weighted by molar-refractivity contribution is -0.137. The van der Waals surface area contributed by atoms with Crippen LogP contribution in [0.15, 0.2) is 12.7 Å². The molecule has 14 heavy (non-hydrogen) atoms. The average Bonchev–Trinajstić information content (AvgIpc) is 2.53. The highest BCUT2D eigenvalue weighted by Crippen LogP contribution is 2.00. The van der Waals surface area contributed by atoms with E-state index in [1.54, 1.807) is 10.8 Å². The van der Waals surface area contributed by atoms with Gasteiger partial charge in [-0.25, -0.2) is 4.68 Å². The maximum absolute atomic E-state index is 10.3. The number of carboxylic acid groups (broad SMARTS) is 1. The number of aromatic nitrogens is 4. The second-order valence-electron chi connectivity index (χ2n) is 2.81. The number of nitrogens with zero attached hydrogens (tertiary/aromatic N) is 4. The van der Waals surface area contributed by atoms with Crippen molar-refractivity contribution >= 4 is 5.97 Å². The summed E-state index contributed by atoms with van der Waals surface area (Å²) in [5, 5.41) is 19.5. The third-order valence-electron chi connectivity index (χ3n) is 1.70. The third-order valence-corrected chi connectivity index (χ3v) is 1.70. The molecule has 1 N–H and O–H groups in total. The fourth-order valence-corrected chi connectivity index (χ4v) is 1.06. The number of aryl methyl sites for hydroxylation is 1. The average molecular weight is 196 g/mol. The maximum Gasteiger partial charge on any atom is 0.303 e. The molecule has 1 rings (SSSR count). The Balaban J connectivity index is 2.45. The Morgan fingerprint density at radius 3 is 3.07 bits per heavy atom. The van der Waals surface area contributed by atoms with Crippen LogP contribution in [0, 0.1) is 0 Å². The van der Waals surface area contributed by atoms with E-state index >= 15 is 0 Å². The molecule has 0 radical (unpaired) electrons. The van der Waals surface area contributed by atoms with Crippen LogP contribution in [0.4, 0.5) is 0 Å². The number of carbonyl (C=O) groups is 1. The van der Waals surface area contributed by atoms with Gasteiger partial charge in [-0.05, 0) is 16.8 Å². The van der Waals surface area contributed by atoms with Crippen molar-refractivity contribution in [2.75, 3.05) is 0 Å². The van der Waals surface area contributed by atoms with Gasteiger partial charge in [0.1, 0.15) is 0 Å². The number of carboxylic acids is 1. The Morgan fingerprint density at radius 1 is 1.64 bits per heavy atom. The van der Waals surface area contributed by atoms with Crippen molar-refractivity contribution in [1.82, 2.24) is 20.2 Å². The smallest absolute Gasteiger partial charge is 0.303 e. The molecule has 0 saturated carbocycles. The van der Waals surface area contributed by atoms with E-state index in [-0.39, 0.29) is 6.42 Å². The Kier molecular flexibility index (Phi) is 3.78. The van der Waals surface area contributed by atoms with Gasteiger partial charge >= 0.3 is 5.97 Å². The van der Waals surface area contributed by atoms with Crippen molar-refractivity contribution in [1.29, 1.82) is 0 Å². The van der Waals surface area contributed by atoms with Crippen LogP contribution >= 0.6 is 0 Å². The Labute approximate surface area is 81.2 Å². The summed E-state index contributed by atoms with van der Waals surface area (Å²) in [7, 11) is 0. The van der Waals surface area contributed by atoms with Crippen LogP contribution in [0.3, 0.4) is 0 Å². The van der Waals surface area contributed by atoms with E-state index < -0.39 is 5.97 Å². The Hall–Kier alpha value is -1.72. The van der Waals surface area contributed by atoms with Gasteiger partial charge in [0.25, 0.3) is 0 Å². The summed E-state index contributed by atoms with van der Waals surface area (Å²) in [5.41, 5.74) is 0. The quantitative estimate of drug-likeness (QED) is 0.660. The van der Waals surface area contributed by atoms with Crippen LogP contribution in [-0.4, -0.2) is 31.3 Å². The van der Waals surface area contributed by atoms with Crippen LogP contribution in [-0.2, 0) is 17.8 Å². The summed E-state index contributed by atoms with van der Waals surface area (Å²) in [5.74, 6) is -0.0982. The van der Waals surface area contributed by atoms with E-state index in [0.717, 1.165) is 0 Å². The molecule has 0 atom stereocenters. The topological polar surface area (TPSA) is 80.9 Å². The summed E-state index contributed by atoms with van der Waals surface area (Å²) in [6.07, 6.45) is 2.96. The SMILES string of the molecule is C=CCn1nnnc1CCCC(=O)O. The van der Waals surface area contributed by atoms with Gasteiger partial charge in [0.2, 0.25) is 0 Å². The summed E-state index contributed by atoms with van der Waals surface area (Å²) in [6, 6.07) is 0. The minimum Gasteiger partial charge on any atom is -0.481 e. The van der Waals surface area contributed by atoms with Crippen LogP contribution in [0.2, 0.25) is 0 Å². The first-order valence-corrected chi connectivity index (χ1v) is 4.31. The number of hydrogen-bond acceptors (Lipinski definition) is 4. The van der Waals surface area contributed by atoms with E-state index in [1.165, 1.54) is 0 Å². The molecular formula is C8H12N4O2. The molecule has 0 spiro atoms. The normalized spacial score (nSPS) is 10.0. The lowest BCUT2D eigenvalue weighted by atomic mass is 10.2. The Bertz CT molecular complexity index is 321. The predicted molar refractivity (Wildman–Crippen MR) is 48.6 cm³/mol. The number of hydrogen-bond donors (Lipinski definition) is 1. The molecule has 0 fully saturated rings. The lowest BCUT2D eigenvalue weighted by Gasteiger charge is -1.99. The molecule has 0 saturated heterocycles. The second-order valence-corrected chi connectivity index (χ2v) is 2.81. The number of rotatable bonds is 6. The summed E-state index contributed by atoms with van der Waals surface area (Å²) in [6.45, 7) is 4.13. The zero-order valence-electron chi connectivity index (χ0n) is 7.76. The van der Waals surface area contributed by atoms with Crippen molar-refractivity contribution in [2.45, 2.75) is 25.8 Å². The first kappa shape index (κ1) is 10.4. The molecule has 0 aliphatic rings. The number of tetrazole rings is 1. The van der Waals surface area contributed by atoms with E-state index in [4.69, 9.17) is 5.11 Å². The van der Waals surface area contributed by atoms with Gasteiger partial charge in [-0.15, -0.1) is 11.7 Å². The van der Waals surface area contributed by atoms with E-state index in [9.17, 15) is 4.79 Å². The van der Waals surface area contributed by atoms with Gasteiger partial charge < -0.3 is 5.11 Å². The second kappa shape index (κ2) is 5.11. The maximum atomic E-state index is 10.3. The molecule has 1 heterocycles. The molecular weight excluding hydrogens is 184 g/mol. The molecule has 0 amide bonds. The first-order valence-electron chi connectivity index (χ1n) is 4.31. The lowest BCUT2D eigenvalue weighted by Crippen LogP contribution is -2.05. The third kappa shape index (κ3) is 2.96. The minimum absolute atomic E-state index is 0.140. The highest BCUT2D eigenvalue weighted by Gasteiger charge is 2.05. The molecule has 0 aromatic carbocycles. The molecule has 0 bridgehead atoms. The summed E-state index contributed by atoms with van der Waals surface area (Å²) in [4.78, 5) is 10.3. The molecule has 1 aromatic rings. The molecule has 76 valence electrons. The highest BCUT2D eigenvalue weighted by atomic mass is 16.4. The van der Waals surface area contributed by atoms with Crippen molar-refractivity contribution in [2.24, 2.45) is 0 Å². The van der Waals surface area contributed by atoms with Crippen LogP contribution < -0.4 is 0 Å². The largest absolute Gasteiger partial charge is 0.481 e. The van der Waals surface area contributed by atoms with E-state index in [0.29, 0.717) is 25.2 Å². The van der Waals surface area contributed by atoms with Gasteiger partial charge in [0.15, 0.2) is 5.82 Å². The van der Waals surface area contributed by atoms with Gasteiger partial charge in [-0.1, -0.05) is 6.08 Å². The fraction of sp³-hybridized carbons (Fsp3) is 0.500. The fourth-order valence-electron chi connectivity index (χ4n) is 1.06. The summed E-state index contributed by atoms with van der Waals surface area (Å²) < 4.78 is 1.61.